The van der Waals surface area contributed by atoms with Crippen molar-refractivity contribution in [2.45, 2.75) is 37.8 Å². The summed E-state index contributed by atoms with van der Waals surface area (Å²) in [5.74, 6) is -1.92. The van der Waals surface area contributed by atoms with Gasteiger partial charge in [0.05, 0.1) is 12.0 Å². The molecule has 3 N–H and O–H groups in total. The van der Waals surface area contributed by atoms with Gasteiger partial charge in [-0.3, -0.25) is 4.79 Å². The predicted octanol–water partition coefficient (Wildman–Crippen LogP) is 3.45. The smallest absolute Gasteiger partial charge is 0.407 e. The fourth-order valence-corrected chi connectivity index (χ4v) is 4.41. The number of rotatable bonds is 7. The van der Waals surface area contributed by atoms with Gasteiger partial charge >= 0.3 is 12.1 Å². The molecule has 0 aliphatic heterocycles. The highest BCUT2D eigenvalue weighted by molar-refractivity contribution is 5.86. The molecule has 0 aromatic heterocycles. The van der Waals surface area contributed by atoms with Gasteiger partial charge in [-0.15, -0.1) is 0 Å². The van der Waals surface area contributed by atoms with Crippen molar-refractivity contribution < 1.29 is 24.2 Å². The number of carbonyl (C=O) groups excluding carboxylic acids is 2. The van der Waals surface area contributed by atoms with Crippen LogP contribution >= 0.6 is 0 Å². The van der Waals surface area contributed by atoms with Crippen LogP contribution in [0.1, 0.15) is 36.8 Å². The minimum Gasteiger partial charge on any atom is -0.480 e. The first-order valence-corrected chi connectivity index (χ1v) is 10.8. The van der Waals surface area contributed by atoms with Crippen molar-refractivity contribution in [3.63, 3.8) is 0 Å². The van der Waals surface area contributed by atoms with Crippen molar-refractivity contribution in [2.24, 2.45) is 5.92 Å². The van der Waals surface area contributed by atoms with E-state index in [0.29, 0.717) is 12.8 Å². The Bertz CT molecular complexity index is 1020. The number of hydrogen-bond acceptors (Lipinski definition) is 4. The molecule has 2 aliphatic carbocycles. The Morgan fingerprint density at radius 1 is 1.03 bits per heavy atom. The van der Waals surface area contributed by atoms with Crippen molar-refractivity contribution in [3.05, 3.63) is 71.8 Å². The highest BCUT2D eigenvalue weighted by Gasteiger charge is 2.31. The first kappa shape index (κ1) is 21.6. The number of nitrogens with one attached hydrogen (secondary N) is 2. The lowest BCUT2D eigenvalue weighted by molar-refractivity contribution is -0.142. The number of amides is 2. The molecule has 7 nitrogen and oxygen atoms in total. The quantitative estimate of drug-likeness (QED) is 0.579. The number of carboxylic acid groups (broad SMARTS) is 1. The van der Waals surface area contributed by atoms with Gasteiger partial charge < -0.3 is 20.5 Å². The van der Waals surface area contributed by atoms with Gasteiger partial charge in [0.25, 0.3) is 0 Å². The first-order chi connectivity index (χ1) is 15.5. The summed E-state index contributed by atoms with van der Waals surface area (Å²) >= 11 is 0. The third-order valence-corrected chi connectivity index (χ3v) is 6.09. The molecule has 3 atom stereocenters. The monoisotopic (exact) mass is 434 g/mol. The van der Waals surface area contributed by atoms with Crippen molar-refractivity contribution in [1.29, 1.82) is 0 Å². The van der Waals surface area contributed by atoms with Crippen LogP contribution in [0, 0.1) is 5.92 Å². The minimum atomic E-state index is -1.06. The van der Waals surface area contributed by atoms with E-state index in [1.807, 2.05) is 24.3 Å². The van der Waals surface area contributed by atoms with Gasteiger partial charge in [-0.25, -0.2) is 9.59 Å². The standard InChI is InChI=1S/C25H26N2O5/c1-2-22(24(29)30)27-23(28)15-11-12-16(13-15)26-25(31)32-14-21-19-9-5-3-7-17(19)18-8-4-6-10-20(18)21/h3-12,15-16,21-22H,2,13-14H2,1H3,(H,26,31)(H,27,28)(H,29,30). The number of carboxylic acids is 1. The molecule has 7 heteroatoms. The number of carbonyl (C=O) groups is 3. The second-order valence-corrected chi connectivity index (χ2v) is 8.11. The lowest BCUT2D eigenvalue weighted by Gasteiger charge is -2.18. The molecule has 2 aromatic rings. The normalized spacial score (nSPS) is 19.7. The van der Waals surface area contributed by atoms with Crippen molar-refractivity contribution >= 4 is 18.0 Å². The topological polar surface area (TPSA) is 105 Å². The Labute approximate surface area is 186 Å². The van der Waals surface area contributed by atoms with Gasteiger partial charge in [0.1, 0.15) is 12.6 Å². The Morgan fingerprint density at radius 3 is 2.25 bits per heavy atom. The Balaban J connectivity index is 1.31. The van der Waals surface area contributed by atoms with E-state index in [0.717, 1.165) is 22.3 Å². The Morgan fingerprint density at radius 2 is 1.66 bits per heavy atom. The number of ether oxygens (including phenoxy) is 1. The van der Waals surface area contributed by atoms with E-state index in [2.05, 4.69) is 34.9 Å². The number of hydrogen-bond donors (Lipinski definition) is 3. The molecule has 0 heterocycles. The highest BCUT2D eigenvalue weighted by atomic mass is 16.5. The van der Waals surface area contributed by atoms with Crippen LogP contribution in [-0.4, -0.2) is 41.8 Å². The van der Waals surface area contributed by atoms with E-state index < -0.39 is 24.0 Å². The minimum absolute atomic E-state index is 0.0206. The van der Waals surface area contributed by atoms with E-state index in [1.54, 1.807) is 19.1 Å². The number of alkyl carbamates (subject to hydrolysis) is 1. The highest BCUT2D eigenvalue weighted by Crippen LogP contribution is 2.44. The lowest BCUT2D eigenvalue weighted by Crippen LogP contribution is -2.43. The molecule has 166 valence electrons. The largest absolute Gasteiger partial charge is 0.480 e. The van der Waals surface area contributed by atoms with Gasteiger partial charge in [0, 0.05) is 5.92 Å². The third kappa shape index (κ3) is 4.37. The predicted molar refractivity (Wildman–Crippen MR) is 119 cm³/mol. The number of benzene rings is 2. The van der Waals surface area contributed by atoms with Gasteiger partial charge in [0.2, 0.25) is 5.91 Å². The fraction of sp³-hybridized carbons (Fsp3) is 0.320. The van der Waals surface area contributed by atoms with Gasteiger partial charge in [-0.2, -0.15) is 0 Å². The molecule has 0 saturated carbocycles. The Hall–Kier alpha value is -3.61. The third-order valence-electron chi connectivity index (χ3n) is 6.09. The zero-order chi connectivity index (χ0) is 22.7. The summed E-state index contributed by atoms with van der Waals surface area (Å²) in [5.41, 5.74) is 4.61. The molecule has 2 amide bonds. The SMILES string of the molecule is CCC(NC(=O)C1C=CC(NC(=O)OCC2c3ccccc3-c3ccccc32)C1)C(=O)O. The van der Waals surface area contributed by atoms with E-state index >= 15 is 0 Å². The van der Waals surface area contributed by atoms with E-state index in [1.165, 1.54) is 0 Å². The van der Waals surface area contributed by atoms with Crippen LogP contribution in [0.2, 0.25) is 0 Å². The molecule has 0 bridgehead atoms. The summed E-state index contributed by atoms with van der Waals surface area (Å²) in [6, 6.07) is 15.0. The molecule has 0 radical (unpaired) electrons. The summed E-state index contributed by atoms with van der Waals surface area (Å²) in [6.45, 7) is 1.92. The molecule has 0 fully saturated rings. The first-order valence-electron chi connectivity index (χ1n) is 10.8. The average Bonchev–Trinajstić information content (AvgIpc) is 3.38. The maximum atomic E-state index is 12.4. The van der Waals surface area contributed by atoms with Crippen molar-refractivity contribution in [1.82, 2.24) is 10.6 Å². The summed E-state index contributed by atoms with van der Waals surface area (Å²) < 4.78 is 5.55. The summed E-state index contributed by atoms with van der Waals surface area (Å²) in [5, 5.41) is 14.4. The fourth-order valence-electron chi connectivity index (χ4n) is 4.41. The van der Waals surface area contributed by atoms with E-state index in [9.17, 15) is 14.4 Å². The van der Waals surface area contributed by atoms with Gasteiger partial charge in [0.15, 0.2) is 0 Å². The zero-order valence-electron chi connectivity index (χ0n) is 17.8. The van der Waals surface area contributed by atoms with Crippen LogP contribution in [0.5, 0.6) is 0 Å². The van der Waals surface area contributed by atoms with Gasteiger partial charge in [-0.05, 0) is 35.1 Å². The molecule has 0 spiro atoms. The van der Waals surface area contributed by atoms with Crippen LogP contribution in [0.25, 0.3) is 11.1 Å². The van der Waals surface area contributed by atoms with Crippen molar-refractivity contribution in [3.8, 4) is 11.1 Å². The molecule has 32 heavy (non-hydrogen) atoms. The van der Waals surface area contributed by atoms with E-state index in [4.69, 9.17) is 9.84 Å². The molecular formula is C25H26N2O5. The summed E-state index contributed by atoms with van der Waals surface area (Å²) in [4.78, 5) is 35.9. The second kappa shape index (κ2) is 9.26. The van der Waals surface area contributed by atoms with Gasteiger partial charge in [-0.1, -0.05) is 67.6 Å². The van der Waals surface area contributed by atoms with Crippen LogP contribution < -0.4 is 10.6 Å². The molecule has 2 aliphatic rings. The molecule has 3 unspecified atom stereocenters. The number of fused-ring (bicyclic) bond motifs is 3. The maximum Gasteiger partial charge on any atom is 0.407 e. The summed E-state index contributed by atoms with van der Waals surface area (Å²) in [7, 11) is 0. The summed E-state index contributed by atoms with van der Waals surface area (Å²) in [6.07, 6.45) is 3.57. The average molecular weight is 434 g/mol. The van der Waals surface area contributed by atoms with Crippen LogP contribution in [-0.2, 0) is 14.3 Å². The van der Waals surface area contributed by atoms with Crippen molar-refractivity contribution in [2.75, 3.05) is 6.61 Å². The molecule has 2 aromatic carbocycles. The Kier molecular flexibility index (Phi) is 6.25. The molecule has 0 saturated heterocycles. The molecular weight excluding hydrogens is 408 g/mol. The van der Waals surface area contributed by atoms with E-state index in [-0.39, 0.29) is 24.5 Å². The van der Waals surface area contributed by atoms with Crippen LogP contribution in [0.4, 0.5) is 4.79 Å². The number of aliphatic carboxylic acids is 1. The lowest BCUT2D eigenvalue weighted by atomic mass is 9.98. The maximum absolute atomic E-state index is 12.4. The second-order valence-electron chi connectivity index (χ2n) is 8.11. The molecule has 4 rings (SSSR count). The van der Waals surface area contributed by atoms with Crippen LogP contribution in [0.15, 0.2) is 60.7 Å². The van der Waals surface area contributed by atoms with Crippen LogP contribution in [0.3, 0.4) is 0 Å². The zero-order valence-corrected chi connectivity index (χ0v) is 17.8.